The second-order valence-electron chi connectivity index (χ2n) is 4.71. The first-order valence-electron chi connectivity index (χ1n) is 6.63. The van der Waals surface area contributed by atoms with Crippen LogP contribution in [0.25, 0.3) is 11.1 Å². The lowest BCUT2D eigenvalue weighted by atomic mass is 10.1. The summed E-state index contributed by atoms with van der Waals surface area (Å²) in [7, 11) is 1.55. The molecule has 0 bridgehead atoms. The Morgan fingerprint density at radius 1 is 1.35 bits per heavy atom. The number of rotatable bonds is 3. The molecule has 2 aromatic rings. The van der Waals surface area contributed by atoms with Crippen molar-refractivity contribution in [2.75, 3.05) is 25.1 Å². The summed E-state index contributed by atoms with van der Waals surface area (Å²) in [6.45, 7) is 1.89. The molecule has 0 radical (unpaired) electrons. The van der Waals surface area contributed by atoms with E-state index < -0.39 is 0 Å². The Labute approximate surface area is 116 Å². The van der Waals surface area contributed by atoms with Crippen molar-refractivity contribution < 1.29 is 4.74 Å². The van der Waals surface area contributed by atoms with E-state index in [4.69, 9.17) is 4.74 Å². The smallest absolute Gasteiger partial charge is 0.274 e. The molecule has 104 valence electrons. The van der Waals surface area contributed by atoms with E-state index in [1.807, 2.05) is 6.07 Å². The Morgan fingerprint density at radius 3 is 2.90 bits per heavy atom. The Bertz CT molecular complexity index is 662. The van der Waals surface area contributed by atoms with Crippen LogP contribution in [0.15, 0.2) is 29.3 Å². The largest absolute Gasteiger partial charge is 0.481 e. The first kappa shape index (κ1) is 12.7. The number of nitrogens with zero attached hydrogens (tertiary/aromatic N) is 3. The average Bonchev–Trinajstić information content (AvgIpc) is 3.01. The standard InChI is InChI=1S/C14H16N4O2/c1-20-14-10(5-4-6-15-14)12-11(9-16-17-13(12)19)18-7-2-3-8-18/h4-6,9H,2-3,7-8H2,1H3,(H,17,19). The topological polar surface area (TPSA) is 71.1 Å². The summed E-state index contributed by atoms with van der Waals surface area (Å²) in [4.78, 5) is 18.6. The minimum atomic E-state index is -0.222. The number of pyridine rings is 1. The first-order chi connectivity index (χ1) is 9.81. The Kier molecular flexibility index (Phi) is 3.37. The molecule has 0 aromatic carbocycles. The van der Waals surface area contributed by atoms with Crippen LogP contribution in [-0.4, -0.2) is 35.4 Å². The van der Waals surface area contributed by atoms with E-state index >= 15 is 0 Å². The van der Waals surface area contributed by atoms with Gasteiger partial charge in [0, 0.05) is 19.3 Å². The van der Waals surface area contributed by atoms with Crippen LogP contribution in [0.2, 0.25) is 0 Å². The fourth-order valence-electron chi connectivity index (χ4n) is 2.59. The summed E-state index contributed by atoms with van der Waals surface area (Å²) >= 11 is 0. The summed E-state index contributed by atoms with van der Waals surface area (Å²) in [6, 6.07) is 3.64. The lowest BCUT2D eigenvalue weighted by molar-refractivity contribution is 0.399. The van der Waals surface area contributed by atoms with Gasteiger partial charge in [0.25, 0.3) is 5.56 Å². The second-order valence-corrected chi connectivity index (χ2v) is 4.71. The molecule has 3 rings (SSSR count). The van der Waals surface area contributed by atoms with E-state index in [2.05, 4.69) is 20.1 Å². The molecule has 3 heterocycles. The lowest BCUT2D eigenvalue weighted by Gasteiger charge is -2.20. The lowest BCUT2D eigenvalue weighted by Crippen LogP contribution is -2.23. The van der Waals surface area contributed by atoms with Crippen molar-refractivity contribution in [1.29, 1.82) is 0 Å². The molecule has 0 amide bonds. The predicted octanol–water partition coefficient (Wildman–Crippen LogP) is 1.44. The van der Waals surface area contributed by atoms with Gasteiger partial charge in [0.1, 0.15) is 0 Å². The summed E-state index contributed by atoms with van der Waals surface area (Å²) in [5.41, 5.74) is 1.89. The van der Waals surface area contributed by atoms with Crippen LogP contribution in [0, 0.1) is 0 Å². The molecule has 1 aliphatic heterocycles. The summed E-state index contributed by atoms with van der Waals surface area (Å²) in [5, 5.41) is 6.43. The van der Waals surface area contributed by atoms with Crippen molar-refractivity contribution >= 4 is 5.69 Å². The maximum Gasteiger partial charge on any atom is 0.274 e. The number of hydrogen-bond acceptors (Lipinski definition) is 5. The second kappa shape index (κ2) is 5.32. The molecule has 0 unspecified atom stereocenters. The van der Waals surface area contributed by atoms with Crippen molar-refractivity contribution in [1.82, 2.24) is 15.2 Å². The third-order valence-electron chi connectivity index (χ3n) is 3.52. The molecule has 20 heavy (non-hydrogen) atoms. The van der Waals surface area contributed by atoms with E-state index in [9.17, 15) is 4.79 Å². The molecule has 0 atom stereocenters. The van der Waals surface area contributed by atoms with Gasteiger partial charge in [-0.2, -0.15) is 5.10 Å². The number of methoxy groups -OCH3 is 1. The maximum atomic E-state index is 12.2. The zero-order chi connectivity index (χ0) is 13.9. The van der Waals surface area contributed by atoms with Crippen LogP contribution in [0.1, 0.15) is 12.8 Å². The fraction of sp³-hybridized carbons (Fsp3) is 0.357. The zero-order valence-corrected chi connectivity index (χ0v) is 11.3. The van der Waals surface area contributed by atoms with Crippen LogP contribution < -0.4 is 15.2 Å². The quantitative estimate of drug-likeness (QED) is 0.915. The van der Waals surface area contributed by atoms with Crippen molar-refractivity contribution in [2.24, 2.45) is 0 Å². The predicted molar refractivity (Wildman–Crippen MR) is 76.1 cm³/mol. The van der Waals surface area contributed by atoms with Crippen molar-refractivity contribution in [3.05, 3.63) is 34.9 Å². The molecule has 0 spiro atoms. The molecule has 1 fully saturated rings. The third-order valence-corrected chi connectivity index (χ3v) is 3.52. The van der Waals surface area contributed by atoms with Crippen LogP contribution in [0.3, 0.4) is 0 Å². The van der Waals surface area contributed by atoms with Gasteiger partial charge in [0.15, 0.2) is 0 Å². The number of hydrogen-bond donors (Lipinski definition) is 1. The molecular formula is C14H16N4O2. The third kappa shape index (κ3) is 2.13. The van der Waals surface area contributed by atoms with Gasteiger partial charge in [-0.1, -0.05) is 0 Å². The van der Waals surface area contributed by atoms with E-state index in [-0.39, 0.29) is 5.56 Å². The van der Waals surface area contributed by atoms with Gasteiger partial charge >= 0.3 is 0 Å². The molecule has 1 N–H and O–H groups in total. The Morgan fingerprint density at radius 2 is 2.15 bits per heavy atom. The molecule has 6 nitrogen and oxygen atoms in total. The highest BCUT2D eigenvalue weighted by atomic mass is 16.5. The highest BCUT2D eigenvalue weighted by Crippen LogP contribution is 2.33. The highest BCUT2D eigenvalue weighted by molar-refractivity contribution is 5.80. The summed E-state index contributed by atoms with van der Waals surface area (Å²) < 4.78 is 5.27. The SMILES string of the molecule is COc1ncccc1-c1c(N2CCCC2)cn[nH]c1=O. The molecule has 0 saturated carbocycles. The minimum absolute atomic E-state index is 0.222. The first-order valence-corrected chi connectivity index (χ1v) is 6.63. The molecule has 1 aliphatic rings. The maximum absolute atomic E-state index is 12.2. The highest BCUT2D eigenvalue weighted by Gasteiger charge is 2.21. The normalized spacial score (nSPS) is 14.6. The number of H-pyrrole nitrogens is 1. The van der Waals surface area contributed by atoms with E-state index in [1.165, 1.54) is 0 Å². The van der Waals surface area contributed by atoms with Crippen molar-refractivity contribution in [3.8, 4) is 17.0 Å². The molecule has 6 heteroatoms. The van der Waals surface area contributed by atoms with Gasteiger partial charge in [-0.15, -0.1) is 0 Å². The molecule has 2 aromatic heterocycles. The zero-order valence-electron chi connectivity index (χ0n) is 11.3. The van der Waals surface area contributed by atoms with Gasteiger partial charge in [-0.05, 0) is 25.0 Å². The van der Waals surface area contributed by atoms with Gasteiger partial charge in [0.05, 0.1) is 30.1 Å². The summed E-state index contributed by atoms with van der Waals surface area (Å²) in [6.07, 6.45) is 5.62. The number of aromatic nitrogens is 3. The molecule has 0 aliphatic carbocycles. The Balaban J connectivity index is 2.19. The average molecular weight is 272 g/mol. The number of aromatic amines is 1. The van der Waals surface area contributed by atoms with E-state index in [1.54, 1.807) is 25.6 Å². The Hall–Kier alpha value is -2.37. The van der Waals surface area contributed by atoms with Crippen molar-refractivity contribution in [2.45, 2.75) is 12.8 Å². The van der Waals surface area contributed by atoms with Crippen molar-refractivity contribution in [3.63, 3.8) is 0 Å². The van der Waals surface area contributed by atoms with Crippen LogP contribution >= 0.6 is 0 Å². The number of anilines is 1. The van der Waals surface area contributed by atoms with E-state index in [0.29, 0.717) is 17.0 Å². The van der Waals surface area contributed by atoms with Crippen LogP contribution in [0.5, 0.6) is 5.88 Å². The van der Waals surface area contributed by atoms with Crippen LogP contribution in [-0.2, 0) is 0 Å². The number of ether oxygens (including phenoxy) is 1. The van der Waals surface area contributed by atoms with Gasteiger partial charge in [-0.3, -0.25) is 4.79 Å². The minimum Gasteiger partial charge on any atom is -0.481 e. The molecule has 1 saturated heterocycles. The molecular weight excluding hydrogens is 256 g/mol. The summed E-state index contributed by atoms with van der Waals surface area (Å²) in [5.74, 6) is 0.449. The van der Waals surface area contributed by atoms with Gasteiger partial charge in [-0.25, -0.2) is 10.1 Å². The monoisotopic (exact) mass is 272 g/mol. The van der Waals surface area contributed by atoms with Gasteiger partial charge in [0.2, 0.25) is 5.88 Å². The van der Waals surface area contributed by atoms with Gasteiger partial charge < -0.3 is 9.64 Å². The fourth-order valence-corrected chi connectivity index (χ4v) is 2.59. The van der Waals surface area contributed by atoms with E-state index in [0.717, 1.165) is 31.6 Å². The number of nitrogens with one attached hydrogen (secondary N) is 1. The van der Waals surface area contributed by atoms with Crippen LogP contribution in [0.4, 0.5) is 5.69 Å².